The number of anilines is 2. The lowest BCUT2D eigenvalue weighted by molar-refractivity contribution is 0.949. The summed E-state index contributed by atoms with van der Waals surface area (Å²) >= 11 is 0. The highest BCUT2D eigenvalue weighted by Crippen LogP contribution is 2.35. The van der Waals surface area contributed by atoms with Gasteiger partial charge in [-0.2, -0.15) is 0 Å². The molecule has 18 heavy (non-hydrogen) atoms. The van der Waals surface area contributed by atoms with E-state index in [0.29, 0.717) is 0 Å². The minimum Gasteiger partial charge on any atom is -0.377 e. The molecule has 2 aromatic rings. The fourth-order valence-electron chi connectivity index (χ4n) is 2.90. The Balaban J connectivity index is 2.23. The van der Waals surface area contributed by atoms with Gasteiger partial charge >= 0.3 is 0 Å². The summed E-state index contributed by atoms with van der Waals surface area (Å²) in [5.74, 6) is 0. The lowest BCUT2D eigenvalue weighted by Crippen LogP contribution is -2.19. The molecule has 1 saturated heterocycles. The van der Waals surface area contributed by atoms with Gasteiger partial charge in [0.25, 0.3) is 0 Å². The zero-order valence-electron chi connectivity index (χ0n) is 11.2. The Morgan fingerprint density at radius 1 is 0.944 bits per heavy atom. The molecule has 0 saturated carbocycles. The van der Waals surface area contributed by atoms with Crippen LogP contribution in [0.15, 0.2) is 36.4 Å². The van der Waals surface area contributed by atoms with Crippen LogP contribution >= 0.6 is 0 Å². The van der Waals surface area contributed by atoms with Crippen molar-refractivity contribution in [1.29, 1.82) is 0 Å². The Morgan fingerprint density at radius 3 is 2.28 bits per heavy atom. The zero-order valence-corrected chi connectivity index (χ0v) is 11.2. The Labute approximate surface area is 109 Å². The average molecular weight is 240 g/mol. The summed E-state index contributed by atoms with van der Waals surface area (Å²) in [4.78, 5) is 4.73. The second-order valence-corrected chi connectivity index (χ2v) is 5.24. The Hall–Kier alpha value is -1.70. The second kappa shape index (κ2) is 4.52. The van der Waals surface area contributed by atoms with E-state index in [4.69, 9.17) is 0 Å². The summed E-state index contributed by atoms with van der Waals surface area (Å²) in [5.41, 5.74) is 2.71. The Kier molecular flexibility index (Phi) is 2.86. The van der Waals surface area contributed by atoms with Gasteiger partial charge in [-0.3, -0.25) is 0 Å². The second-order valence-electron chi connectivity index (χ2n) is 5.24. The third kappa shape index (κ3) is 1.82. The van der Waals surface area contributed by atoms with E-state index in [1.165, 1.54) is 48.1 Å². The fraction of sp³-hybridized carbons (Fsp3) is 0.375. The van der Waals surface area contributed by atoms with Gasteiger partial charge in [-0.05, 0) is 30.4 Å². The standard InChI is InChI=1S/C16H20N2/c1-17(2)14-9-5-7-13-8-6-10-15(16(13)14)18-11-3-4-12-18/h5-10H,3-4,11-12H2,1-2H3. The maximum Gasteiger partial charge on any atom is 0.0466 e. The molecule has 0 atom stereocenters. The maximum atomic E-state index is 2.52. The lowest BCUT2D eigenvalue weighted by Gasteiger charge is -2.24. The summed E-state index contributed by atoms with van der Waals surface area (Å²) in [6, 6.07) is 13.2. The van der Waals surface area contributed by atoms with Crippen LogP contribution in [0.25, 0.3) is 10.8 Å². The minimum absolute atomic E-state index is 1.20. The van der Waals surface area contributed by atoms with E-state index >= 15 is 0 Å². The van der Waals surface area contributed by atoms with E-state index in [2.05, 4.69) is 60.3 Å². The summed E-state index contributed by atoms with van der Waals surface area (Å²) < 4.78 is 0. The quantitative estimate of drug-likeness (QED) is 0.792. The average Bonchev–Trinajstić information content (AvgIpc) is 2.91. The third-order valence-corrected chi connectivity index (χ3v) is 3.79. The minimum atomic E-state index is 1.20. The number of fused-ring (bicyclic) bond motifs is 1. The molecular weight excluding hydrogens is 220 g/mol. The van der Waals surface area contributed by atoms with Crippen molar-refractivity contribution in [3.63, 3.8) is 0 Å². The molecule has 1 heterocycles. The molecule has 1 fully saturated rings. The first kappa shape index (κ1) is 11.4. The van der Waals surface area contributed by atoms with Crippen LogP contribution in [-0.4, -0.2) is 27.2 Å². The van der Waals surface area contributed by atoms with Gasteiger partial charge in [-0.15, -0.1) is 0 Å². The van der Waals surface area contributed by atoms with E-state index in [0.717, 1.165) is 0 Å². The predicted octanol–water partition coefficient (Wildman–Crippen LogP) is 3.51. The number of hydrogen-bond acceptors (Lipinski definition) is 2. The molecule has 0 N–H and O–H groups in total. The van der Waals surface area contributed by atoms with Crippen LogP contribution in [0.1, 0.15) is 12.8 Å². The van der Waals surface area contributed by atoms with Crippen molar-refractivity contribution < 1.29 is 0 Å². The molecule has 2 aromatic carbocycles. The summed E-state index contributed by atoms with van der Waals surface area (Å²) in [6.07, 6.45) is 2.64. The molecule has 1 aliphatic heterocycles. The van der Waals surface area contributed by atoms with Crippen molar-refractivity contribution in [2.45, 2.75) is 12.8 Å². The third-order valence-electron chi connectivity index (χ3n) is 3.79. The van der Waals surface area contributed by atoms with Crippen molar-refractivity contribution in [3.8, 4) is 0 Å². The summed E-state index contributed by atoms with van der Waals surface area (Å²) in [5, 5.41) is 2.73. The van der Waals surface area contributed by atoms with Gasteiger partial charge in [0.1, 0.15) is 0 Å². The fourth-order valence-corrected chi connectivity index (χ4v) is 2.90. The number of rotatable bonds is 2. The zero-order chi connectivity index (χ0) is 12.5. The molecule has 2 heteroatoms. The van der Waals surface area contributed by atoms with Crippen LogP contribution in [0, 0.1) is 0 Å². The topological polar surface area (TPSA) is 6.48 Å². The van der Waals surface area contributed by atoms with Crippen LogP contribution in [0.4, 0.5) is 11.4 Å². The van der Waals surface area contributed by atoms with E-state index in [1.54, 1.807) is 0 Å². The molecule has 0 bridgehead atoms. The van der Waals surface area contributed by atoms with Crippen molar-refractivity contribution in [2.75, 3.05) is 37.0 Å². The summed E-state index contributed by atoms with van der Waals surface area (Å²) in [6.45, 7) is 2.39. The number of hydrogen-bond donors (Lipinski definition) is 0. The Morgan fingerprint density at radius 2 is 1.61 bits per heavy atom. The van der Waals surface area contributed by atoms with Gasteiger partial charge in [0.2, 0.25) is 0 Å². The first-order valence-corrected chi connectivity index (χ1v) is 6.71. The van der Waals surface area contributed by atoms with Gasteiger partial charge in [0.15, 0.2) is 0 Å². The monoisotopic (exact) mass is 240 g/mol. The smallest absolute Gasteiger partial charge is 0.0466 e. The summed E-state index contributed by atoms with van der Waals surface area (Å²) in [7, 11) is 4.24. The van der Waals surface area contributed by atoms with E-state index in [9.17, 15) is 0 Å². The lowest BCUT2D eigenvalue weighted by atomic mass is 10.1. The number of benzene rings is 2. The van der Waals surface area contributed by atoms with Crippen molar-refractivity contribution >= 4 is 22.1 Å². The van der Waals surface area contributed by atoms with Crippen molar-refractivity contribution in [3.05, 3.63) is 36.4 Å². The van der Waals surface area contributed by atoms with Crippen LogP contribution in [0.5, 0.6) is 0 Å². The molecule has 0 unspecified atom stereocenters. The van der Waals surface area contributed by atoms with Gasteiger partial charge in [-0.25, -0.2) is 0 Å². The molecule has 2 nitrogen and oxygen atoms in total. The largest absolute Gasteiger partial charge is 0.377 e. The highest BCUT2D eigenvalue weighted by Gasteiger charge is 2.16. The van der Waals surface area contributed by atoms with Crippen molar-refractivity contribution in [1.82, 2.24) is 0 Å². The van der Waals surface area contributed by atoms with Crippen LogP contribution in [0.3, 0.4) is 0 Å². The highest BCUT2D eigenvalue weighted by molar-refractivity contribution is 6.03. The van der Waals surface area contributed by atoms with Gasteiger partial charge < -0.3 is 9.80 Å². The molecule has 1 aliphatic rings. The molecular formula is C16H20N2. The van der Waals surface area contributed by atoms with E-state index < -0.39 is 0 Å². The molecule has 3 rings (SSSR count). The van der Waals surface area contributed by atoms with Gasteiger partial charge in [0, 0.05) is 43.9 Å². The molecule has 0 radical (unpaired) electrons. The van der Waals surface area contributed by atoms with Gasteiger partial charge in [0.05, 0.1) is 0 Å². The Bertz CT molecular complexity index is 549. The first-order chi connectivity index (χ1) is 8.77. The van der Waals surface area contributed by atoms with Gasteiger partial charge in [-0.1, -0.05) is 24.3 Å². The van der Waals surface area contributed by atoms with Crippen LogP contribution in [-0.2, 0) is 0 Å². The van der Waals surface area contributed by atoms with Crippen LogP contribution < -0.4 is 9.80 Å². The SMILES string of the molecule is CN(C)c1cccc2cccc(N3CCCC3)c12. The molecule has 94 valence electrons. The molecule has 0 aliphatic carbocycles. The normalized spacial score (nSPS) is 15.3. The first-order valence-electron chi connectivity index (χ1n) is 6.71. The highest BCUT2D eigenvalue weighted by atomic mass is 15.1. The molecule has 0 aromatic heterocycles. The predicted molar refractivity (Wildman–Crippen MR) is 79.7 cm³/mol. The molecule has 0 amide bonds. The maximum absolute atomic E-state index is 2.52. The molecule has 0 spiro atoms. The van der Waals surface area contributed by atoms with Crippen LogP contribution in [0.2, 0.25) is 0 Å². The van der Waals surface area contributed by atoms with Crippen molar-refractivity contribution in [2.24, 2.45) is 0 Å². The van der Waals surface area contributed by atoms with E-state index in [-0.39, 0.29) is 0 Å². The number of nitrogens with zero attached hydrogens (tertiary/aromatic N) is 2. The van der Waals surface area contributed by atoms with E-state index in [1.807, 2.05) is 0 Å².